The van der Waals surface area contributed by atoms with Gasteiger partial charge < -0.3 is 10.4 Å². The van der Waals surface area contributed by atoms with Crippen molar-refractivity contribution in [2.24, 2.45) is 17.8 Å². The van der Waals surface area contributed by atoms with Crippen molar-refractivity contribution < 1.29 is 14.7 Å². The summed E-state index contributed by atoms with van der Waals surface area (Å²) in [5.41, 5.74) is 0. The van der Waals surface area contributed by atoms with Crippen LogP contribution in [0.25, 0.3) is 0 Å². The van der Waals surface area contributed by atoms with Crippen molar-refractivity contribution in [2.75, 3.05) is 6.54 Å². The van der Waals surface area contributed by atoms with E-state index in [1.807, 2.05) is 0 Å². The minimum Gasteiger partial charge on any atom is -0.481 e. The van der Waals surface area contributed by atoms with Crippen LogP contribution in [0, 0.1) is 17.8 Å². The number of hydrogen-bond donors (Lipinski definition) is 2. The summed E-state index contributed by atoms with van der Waals surface area (Å²) in [6, 6.07) is 0. The Hall–Kier alpha value is -1.06. The topological polar surface area (TPSA) is 66.4 Å². The molecule has 4 heteroatoms. The van der Waals surface area contributed by atoms with Crippen LogP contribution in [0.3, 0.4) is 0 Å². The summed E-state index contributed by atoms with van der Waals surface area (Å²) < 4.78 is 0. The highest BCUT2D eigenvalue weighted by atomic mass is 16.4. The molecule has 0 unspecified atom stereocenters. The molecule has 1 amide bonds. The molecule has 98 valence electrons. The molecule has 1 rings (SSSR count). The van der Waals surface area contributed by atoms with Crippen LogP contribution in [0.15, 0.2) is 0 Å². The van der Waals surface area contributed by atoms with E-state index in [0.29, 0.717) is 25.3 Å². The molecule has 0 aromatic carbocycles. The van der Waals surface area contributed by atoms with Gasteiger partial charge in [-0.05, 0) is 18.8 Å². The van der Waals surface area contributed by atoms with Gasteiger partial charge in [-0.1, -0.05) is 33.1 Å². The summed E-state index contributed by atoms with van der Waals surface area (Å²) in [5.74, 6) is -1.19. The quantitative estimate of drug-likeness (QED) is 0.748. The number of aliphatic carboxylic acids is 1. The first kappa shape index (κ1) is 14.0. The van der Waals surface area contributed by atoms with Crippen LogP contribution in [0.4, 0.5) is 0 Å². The van der Waals surface area contributed by atoms with E-state index < -0.39 is 11.9 Å². The van der Waals surface area contributed by atoms with Gasteiger partial charge in [0.05, 0.1) is 11.8 Å². The van der Waals surface area contributed by atoms with Crippen molar-refractivity contribution in [1.29, 1.82) is 0 Å². The largest absolute Gasteiger partial charge is 0.481 e. The van der Waals surface area contributed by atoms with Gasteiger partial charge in [0.15, 0.2) is 0 Å². The molecule has 0 radical (unpaired) electrons. The van der Waals surface area contributed by atoms with Gasteiger partial charge in [0, 0.05) is 6.54 Å². The summed E-state index contributed by atoms with van der Waals surface area (Å²) in [6.07, 6.45) is 4.29. The normalized spacial score (nSPS) is 23.9. The van der Waals surface area contributed by atoms with Crippen LogP contribution in [0.5, 0.6) is 0 Å². The van der Waals surface area contributed by atoms with E-state index in [1.54, 1.807) is 0 Å². The molecular formula is C13H23NO3. The maximum Gasteiger partial charge on any atom is 0.307 e. The number of hydrogen-bond acceptors (Lipinski definition) is 2. The predicted octanol–water partition coefficient (Wildman–Crippen LogP) is 2.04. The highest BCUT2D eigenvalue weighted by Crippen LogP contribution is 2.32. The molecule has 0 heterocycles. The lowest BCUT2D eigenvalue weighted by Crippen LogP contribution is -2.37. The fourth-order valence-electron chi connectivity index (χ4n) is 2.52. The molecule has 0 saturated heterocycles. The van der Waals surface area contributed by atoms with E-state index in [2.05, 4.69) is 19.2 Å². The summed E-state index contributed by atoms with van der Waals surface area (Å²) in [5, 5.41) is 11.9. The van der Waals surface area contributed by atoms with E-state index >= 15 is 0 Å². The Morgan fingerprint density at radius 2 is 1.82 bits per heavy atom. The smallest absolute Gasteiger partial charge is 0.307 e. The maximum absolute atomic E-state index is 11.9. The fraction of sp³-hybridized carbons (Fsp3) is 0.846. The Bertz CT molecular complexity index is 274. The molecular weight excluding hydrogens is 218 g/mol. The average molecular weight is 241 g/mol. The molecule has 0 spiro atoms. The number of carboxylic acid groups (broad SMARTS) is 1. The highest BCUT2D eigenvalue weighted by molar-refractivity contribution is 5.85. The van der Waals surface area contributed by atoms with Crippen molar-refractivity contribution in [3.05, 3.63) is 0 Å². The van der Waals surface area contributed by atoms with Crippen LogP contribution in [0.1, 0.15) is 46.0 Å². The Kier molecular flexibility index (Phi) is 5.45. The van der Waals surface area contributed by atoms with Gasteiger partial charge >= 0.3 is 5.97 Å². The predicted molar refractivity (Wildman–Crippen MR) is 65.5 cm³/mol. The lowest BCUT2D eigenvalue weighted by atomic mass is 9.95. The van der Waals surface area contributed by atoms with Crippen LogP contribution in [0.2, 0.25) is 0 Å². The monoisotopic (exact) mass is 241 g/mol. The first-order valence-electron chi connectivity index (χ1n) is 6.60. The van der Waals surface area contributed by atoms with Gasteiger partial charge in [-0.25, -0.2) is 0 Å². The Balaban J connectivity index is 2.44. The van der Waals surface area contributed by atoms with E-state index in [1.165, 1.54) is 0 Å². The number of carbonyl (C=O) groups is 2. The van der Waals surface area contributed by atoms with Crippen LogP contribution >= 0.6 is 0 Å². The Morgan fingerprint density at radius 3 is 2.35 bits per heavy atom. The molecule has 1 aliphatic carbocycles. The van der Waals surface area contributed by atoms with E-state index in [9.17, 15) is 9.59 Å². The van der Waals surface area contributed by atoms with E-state index in [4.69, 9.17) is 5.11 Å². The standard InChI is InChI=1S/C13H23NO3/c1-3-9(4-2)8-14-12(15)10-6-5-7-11(10)13(16)17/h9-11H,3-8H2,1-2H3,(H,14,15)(H,16,17)/t10-,11+/m1/s1. The number of rotatable bonds is 6. The molecule has 0 aliphatic heterocycles. The number of nitrogens with one attached hydrogen (secondary N) is 1. The maximum atomic E-state index is 11.9. The summed E-state index contributed by atoms with van der Waals surface area (Å²) in [4.78, 5) is 22.9. The Labute approximate surface area is 103 Å². The molecule has 2 N–H and O–H groups in total. The average Bonchev–Trinajstić information content (AvgIpc) is 2.79. The summed E-state index contributed by atoms with van der Waals surface area (Å²) in [7, 11) is 0. The van der Waals surface area contributed by atoms with Crippen LogP contribution in [-0.4, -0.2) is 23.5 Å². The summed E-state index contributed by atoms with van der Waals surface area (Å²) in [6.45, 7) is 4.89. The van der Waals surface area contributed by atoms with Crippen LogP contribution in [-0.2, 0) is 9.59 Å². The van der Waals surface area contributed by atoms with Crippen LogP contribution < -0.4 is 5.32 Å². The molecule has 1 aliphatic rings. The minimum absolute atomic E-state index is 0.0678. The van der Waals surface area contributed by atoms with Gasteiger partial charge in [0.2, 0.25) is 5.91 Å². The molecule has 0 bridgehead atoms. The van der Waals surface area contributed by atoms with Crippen molar-refractivity contribution in [1.82, 2.24) is 5.32 Å². The summed E-state index contributed by atoms with van der Waals surface area (Å²) >= 11 is 0. The van der Waals surface area contributed by atoms with Gasteiger partial charge in [0.25, 0.3) is 0 Å². The SMILES string of the molecule is CCC(CC)CNC(=O)[C@@H]1CCC[C@@H]1C(=O)O. The number of amides is 1. The molecule has 1 fully saturated rings. The first-order chi connectivity index (χ1) is 8.10. The highest BCUT2D eigenvalue weighted by Gasteiger charge is 2.37. The second-order valence-corrected chi connectivity index (χ2v) is 4.91. The second kappa shape index (κ2) is 6.62. The van der Waals surface area contributed by atoms with Crippen molar-refractivity contribution >= 4 is 11.9 Å². The second-order valence-electron chi connectivity index (χ2n) is 4.91. The van der Waals surface area contributed by atoms with Gasteiger partial charge in [-0.2, -0.15) is 0 Å². The fourth-order valence-corrected chi connectivity index (χ4v) is 2.52. The van der Waals surface area contributed by atoms with Gasteiger partial charge in [-0.3, -0.25) is 9.59 Å². The third-order valence-electron chi connectivity index (χ3n) is 3.89. The van der Waals surface area contributed by atoms with E-state index in [-0.39, 0.29) is 11.8 Å². The van der Waals surface area contributed by atoms with Crippen molar-refractivity contribution in [3.8, 4) is 0 Å². The molecule has 0 aromatic heterocycles. The number of carboxylic acids is 1. The zero-order chi connectivity index (χ0) is 12.8. The molecule has 4 nitrogen and oxygen atoms in total. The minimum atomic E-state index is -0.829. The van der Waals surface area contributed by atoms with Crippen molar-refractivity contribution in [3.63, 3.8) is 0 Å². The molecule has 2 atom stereocenters. The number of carbonyl (C=O) groups excluding carboxylic acids is 1. The van der Waals surface area contributed by atoms with Gasteiger partial charge in [-0.15, -0.1) is 0 Å². The first-order valence-corrected chi connectivity index (χ1v) is 6.60. The van der Waals surface area contributed by atoms with Crippen molar-refractivity contribution in [2.45, 2.75) is 46.0 Å². The molecule has 17 heavy (non-hydrogen) atoms. The lowest BCUT2D eigenvalue weighted by Gasteiger charge is -2.18. The Morgan fingerprint density at radius 1 is 1.24 bits per heavy atom. The third-order valence-corrected chi connectivity index (χ3v) is 3.89. The zero-order valence-corrected chi connectivity index (χ0v) is 10.7. The zero-order valence-electron chi connectivity index (χ0n) is 10.7. The van der Waals surface area contributed by atoms with Gasteiger partial charge in [0.1, 0.15) is 0 Å². The molecule has 1 saturated carbocycles. The third kappa shape index (κ3) is 3.72. The molecule has 0 aromatic rings. The lowest BCUT2D eigenvalue weighted by molar-refractivity contribution is -0.146. The van der Waals surface area contributed by atoms with E-state index in [0.717, 1.165) is 19.3 Å².